The lowest BCUT2D eigenvalue weighted by Crippen LogP contribution is -2.43. The predicted molar refractivity (Wildman–Crippen MR) is 75.7 cm³/mol. The smallest absolute Gasteiger partial charge is 0.309 e. The normalized spacial score (nSPS) is 25.2. The zero-order chi connectivity index (χ0) is 14.8. The summed E-state index contributed by atoms with van der Waals surface area (Å²) in [5.41, 5.74) is 0.932. The van der Waals surface area contributed by atoms with Crippen molar-refractivity contribution in [1.82, 2.24) is 4.90 Å². The molecule has 0 aromatic heterocycles. The second kappa shape index (κ2) is 6.02. The van der Waals surface area contributed by atoms with E-state index in [1.165, 1.54) is 13.2 Å². The molecule has 0 bridgehead atoms. The summed E-state index contributed by atoms with van der Waals surface area (Å²) in [5.74, 6) is 0.395. The third-order valence-electron chi connectivity index (χ3n) is 4.27. The van der Waals surface area contributed by atoms with Crippen molar-refractivity contribution in [2.45, 2.75) is 25.4 Å². The number of likely N-dealkylation sites (tertiary alicyclic amines) is 1. The summed E-state index contributed by atoms with van der Waals surface area (Å²) in [7, 11) is 1.44. The van der Waals surface area contributed by atoms with Crippen LogP contribution in [0.2, 0.25) is 0 Å². The van der Waals surface area contributed by atoms with Crippen LogP contribution in [0.4, 0.5) is 4.39 Å². The molecule has 4 nitrogen and oxygen atoms in total. The summed E-state index contributed by atoms with van der Waals surface area (Å²) in [5, 5.41) is 0. The summed E-state index contributed by atoms with van der Waals surface area (Å²) in [6, 6.07) is 4.66. The number of methoxy groups -OCH3 is 1. The van der Waals surface area contributed by atoms with Gasteiger partial charge in [-0.2, -0.15) is 0 Å². The Morgan fingerprint density at radius 3 is 3.19 bits per heavy atom. The first-order valence-corrected chi connectivity index (χ1v) is 7.41. The van der Waals surface area contributed by atoms with Crippen molar-refractivity contribution in [1.29, 1.82) is 0 Å². The number of nitrogens with zero attached hydrogens (tertiary/aromatic N) is 1. The molecule has 1 aromatic rings. The highest BCUT2D eigenvalue weighted by Crippen LogP contribution is 2.30. The average Bonchev–Trinajstić information content (AvgIpc) is 2.88. The maximum Gasteiger partial charge on any atom is 0.309 e. The predicted octanol–water partition coefficient (Wildman–Crippen LogP) is 2.01. The van der Waals surface area contributed by atoms with Crippen LogP contribution in [0.15, 0.2) is 18.2 Å². The molecule has 1 saturated heterocycles. The Kier molecular flexibility index (Phi) is 4.10. The standard InChI is InChI=1S/C16H20FNO3/c1-20-16(19)11-3-2-6-18(9-11)10-14-8-12-7-13(17)4-5-15(12)21-14/h4-5,7,11,14H,2-3,6,8-10H2,1H3. The Balaban J connectivity index is 1.57. The number of carbonyl (C=O) groups excluding carboxylic acids is 1. The van der Waals surface area contributed by atoms with E-state index in [4.69, 9.17) is 9.47 Å². The van der Waals surface area contributed by atoms with Gasteiger partial charge in [0.2, 0.25) is 0 Å². The van der Waals surface area contributed by atoms with Gasteiger partial charge in [0.05, 0.1) is 13.0 Å². The summed E-state index contributed by atoms with van der Waals surface area (Å²) in [6.07, 6.45) is 2.65. The van der Waals surface area contributed by atoms with Crippen molar-refractivity contribution < 1.29 is 18.7 Å². The number of benzene rings is 1. The molecule has 1 fully saturated rings. The summed E-state index contributed by atoms with van der Waals surface area (Å²) < 4.78 is 23.9. The fourth-order valence-corrected chi connectivity index (χ4v) is 3.26. The molecule has 5 heteroatoms. The molecule has 1 aromatic carbocycles. The number of rotatable bonds is 3. The minimum Gasteiger partial charge on any atom is -0.488 e. The zero-order valence-electron chi connectivity index (χ0n) is 12.2. The largest absolute Gasteiger partial charge is 0.488 e. The van der Waals surface area contributed by atoms with E-state index in [2.05, 4.69) is 4.90 Å². The van der Waals surface area contributed by atoms with Gasteiger partial charge < -0.3 is 9.47 Å². The van der Waals surface area contributed by atoms with Crippen molar-refractivity contribution in [2.24, 2.45) is 5.92 Å². The van der Waals surface area contributed by atoms with E-state index < -0.39 is 0 Å². The highest BCUT2D eigenvalue weighted by Gasteiger charge is 2.30. The third-order valence-corrected chi connectivity index (χ3v) is 4.27. The Hall–Kier alpha value is -1.62. The highest BCUT2D eigenvalue weighted by atomic mass is 19.1. The van der Waals surface area contributed by atoms with Crippen LogP contribution >= 0.6 is 0 Å². The molecule has 21 heavy (non-hydrogen) atoms. The Morgan fingerprint density at radius 1 is 1.52 bits per heavy atom. The first-order chi connectivity index (χ1) is 10.2. The molecule has 2 atom stereocenters. The van der Waals surface area contributed by atoms with Gasteiger partial charge in [0.25, 0.3) is 0 Å². The molecule has 2 aliphatic rings. The van der Waals surface area contributed by atoms with Crippen LogP contribution in [0.5, 0.6) is 5.75 Å². The molecule has 2 unspecified atom stereocenters. The zero-order valence-corrected chi connectivity index (χ0v) is 12.2. The molecule has 0 spiro atoms. The lowest BCUT2D eigenvalue weighted by Gasteiger charge is -2.32. The summed E-state index contributed by atoms with van der Waals surface area (Å²) in [4.78, 5) is 13.9. The van der Waals surface area contributed by atoms with Crippen LogP contribution in [0.25, 0.3) is 0 Å². The van der Waals surface area contributed by atoms with Gasteiger partial charge >= 0.3 is 5.97 Å². The van der Waals surface area contributed by atoms with Gasteiger partial charge in [-0.3, -0.25) is 9.69 Å². The molecule has 2 aliphatic heterocycles. The van der Waals surface area contributed by atoms with E-state index in [0.29, 0.717) is 0 Å². The van der Waals surface area contributed by atoms with E-state index in [9.17, 15) is 9.18 Å². The Labute approximate surface area is 123 Å². The molecule has 2 heterocycles. The SMILES string of the molecule is COC(=O)C1CCCN(CC2Cc3cc(F)ccc3O2)C1. The first kappa shape index (κ1) is 14.3. The lowest BCUT2D eigenvalue weighted by molar-refractivity contribution is -0.147. The van der Waals surface area contributed by atoms with Crippen molar-refractivity contribution in [3.8, 4) is 5.75 Å². The topological polar surface area (TPSA) is 38.8 Å². The monoisotopic (exact) mass is 293 g/mol. The molecule has 0 amide bonds. The lowest BCUT2D eigenvalue weighted by atomic mass is 9.97. The van der Waals surface area contributed by atoms with Gasteiger partial charge in [0, 0.05) is 25.1 Å². The van der Waals surface area contributed by atoms with Gasteiger partial charge in [-0.05, 0) is 37.6 Å². The Morgan fingerprint density at radius 2 is 2.38 bits per heavy atom. The van der Waals surface area contributed by atoms with Crippen molar-refractivity contribution in [2.75, 3.05) is 26.7 Å². The number of piperidine rings is 1. The van der Waals surface area contributed by atoms with E-state index >= 15 is 0 Å². The fraction of sp³-hybridized carbons (Fsp3) is 0.562. The van der Waals surface area contributed by atoms with Crippen LogP contribution in [0.3, 0.4) is 0 Å². The van der Waals surface area contributed by atoms with Gasteiger partial charge in [-0.25, -0.2) is 4.39 Å². The molecule has 0 aliphatic carbocycles. The molecular weight excluding hydrogens is 273 g/mol. The van der Waals surface area contributed by atoms with Crippen LogP contribution < -0.4 is 4.74 Å². The van der Waals surface area contributed by atoms with Crippen molar-refractivity contribution in [3.63, 3.8) is 0 Å². The van der Waals surface area contributed by atoms with E-state index in [-0.39, 0.29) is 23.8 Å². The number of fused-ring (bicyclic) bond motifs is 1. The van der Waals surface area contributed by atoms with Gasteiger partial charge in [0.15, 0.2) is 0 Å². The second-order valence-electron chi connectivity index (χ2n) is 5.82. The maximum atomic E-state index is 13.2. The maximum absolute atomic E-state index is 13.2. The number of halogens is 1. The molecule has 0 N–H and O–H groups in total. The van der Waals surface area contributed by atoms with Crippen molar-refractivity contribution in [3.05, 3.63) is 29.6 Å². The minimum absolute atomic E-state index is 0.0371. The van der Waals surface area contributed by atoms with Gasteiger partial charge in [0.1, 0.15) is 17.7 Å². The average molecular weight is 293 g/mol. The van der Waals surface area contributed by atoms with E-state index in [0.717, 1.165) is 50.2 Å². The first-order valence-electron chi connectivity index (χ1n) is 7.41. The quantitative estimate of drug-likeness (QED) is 0.799. The summed E-state index contributed by atoms with van der Waals surface area (Å²) in [6.45, 7) is 2.46. The van der Waals surface area contributed by atoms with E-state index in [1.807, 2.05) is 0 Å². The number of hydrogen-bond acceptors (Lipinski definition) is 4. The minimum atomic E-state index is -0.221. The van der Waals surface area contributed by atoms with Crippen LogP contribution in [0, 0.1) is 11.7 Å². The van der Waals surface area contributed by atoms with Crippen LogP contribution in [-0.4, -0.2) is 43.7 Å². The number of hydrogen-bond donors (Lipinski definition) is 0. The summed E-state index contributed by atoms with van der Waals surface area (Å²) >= 11 is 0. The van der Waals surface area contributed by atoms with E-state index in [1.54, 1.807) is 12.1 Å². The van der Waals surface area contributed by atoms with Gasteiger partial charge in [-0.15, -0.1) is 0 Å². The van der Waals surface area contributed by atoms with Crippen molar-refractivity contribution >= 4 is 5.97 Å². The molecule has 0 radical (unpaired) electrons. The molecule has 3 rings (SSSR count). The molecular formula is C16H20FNO3. The molecule has 114 valence electrons. The van der Waals surface area contributed by atoms with Crippen LogP contribution in [0.1, 0.15) is 18.4 Å². The number of esters is 1. The molecule has 0 saturated carbocycles. The van der Waals surface area contributed by atoms with Gasteiger partial charge in [-0.1, -0.05) is 0 Å². The number of ether oxygens (including phenoxy) is 2. The van der Waals surface area contributed by atoms with Crippen LogP contribution in [-0.2, 0) is 16.0 Å². The second-order valence-corrected chi connectivity index (χ2v) is 5.82. The fourth-order valence-electron chi connectivity index (χ4n) is 3.26. The number of carbonyl (C=O) groups is 1. The third kappa shape index (κ3) is 3.18. The highest BCUT2D eigenvalue weighted by molar-refractivity contribution is 5.72. The Bertz CT molecular complexity index is 534.